The number of carbonyl (C=O) groups is 4. The number of benzene rings is 4. The van der Waals surface area contributed by atoms with Gasteiger partial charge in [0.25, 0.3) is 0 Å². The van der Waals surface area contributed by atoms with E-state index in [1.54, 1.807) is 24.3 Å². The first-order valence-electron chi connectivity index (χ1n) is 13.4. The molecule has 0 bridgehead atoms. The second-order valence-electron chi connectivity index (χ2n) is 12.5. The van der Waals surface area contributed by atoms with Crippen LogP contribution < -0.4 is 18.6 Å². The molecule has 0 atom stereocenters. The van der Waals surface area contributed by atoms with Crippen LogP contribution in [0.1, 0.15) is 41.4 Å². The number of nitrogens with zero attached hydrogens (tertiary/aromatic N) is 2. The zero-order chi connectivity index (χ0) is 28.7. The number of hydrogen-bond acceptors (Lipinski definition) is 4. The Morgan fingerprint density at radius 2 is 0.700 bits per heavy atom. The molecule has 6 nitrogen and oxygen atoms in total. The van der Waals surface area contributed by atoms with Crippen LogP contribution in [0, 0.1) is 0 Å². The summed E-state index contributed by atoms with van der Waals surface area (Å²) < 4.78 is 2.11. The molecule has 40 heavy (non-hydrogen) atoms. The number of carbonyl (C=O) groups excluding carboxylic acids is 4. The van der Waals surface area contributed by atoms with Crippen molar-refractivity contribution >= 4 is 81.1 Å². The number of anilines is 2. The predicted molar refractivity (Wildman–Crippen MR) is 165 cm³/mol. The van der Waals surface area contributed by atoms with Crippen LogP contribution in [-0.4, -0.2) is 50.2 Å². The molecule has 4 amide bonds. The van der Waals surface area contributed by atoms with Crippen molar-refractivity contribution in [3.63, 3.8) is 0 Å². The molecule has 0 fully saturated rings. The van der Waals surface area contributed by atoms with Crippen LogP contribution in [0.3, 0.4) is 0 Å². The second-order valence-corrected chi connectivity index (χ2v) is 33.6. The van der Waals surface area contributed by atoms with Crippen LogP contribution in [0.2, 0.25) is 34.5 Å². The summed E-state index contributed by atoms with van der Waals surface area (Å²) in [5.74, 6) is 11.6. The molecule has 0 N–H and O–H groups in total. The van der Waals surface area contributed by atoms with Crippen LogP contribution in [-0.2, 0) is 0 Å². The number of para-hydroxylation sites is 2. The van der Waals surface area contributed by atoms with E-state index in [1.165, 1.54) is 9.80 Å². The van der Waals surface area contributed by atoms with Crippen LogP contribution in [0.25, 0.3) is 10.8 Å². The van der Waals surface area contributed by atoms with Gasteiger partial charge < -0.3 is 0 Å². The van der Waals surface area contributed by atoms with E-state index >= 15 is 0 Å². The molecule has 0 saturated heterocycles. The third-order valence-electron chi connectivity index (χ3n) is 7.80. The summed E-state index contributed by atoms with van der Waals surface area (Å²) in [5, 5.41) is 0.776. The van der Waals surface area contributed by atoms with Crippen LogP contribution in [0.5, 0.6) is 0 Å². The Bertz CT molecular complexity index is 1610. The fourth-order valence-electron chi connectivity index (χ4n) is 5.92. The minimum atomic E-state index is -2.46. The van der Waals surface area contributed by atoms with Crippen molar-refractivity contribution in [1.82, 2.24) is 0 Å². The minimum absolute atomic E-state index is 0.325. The van der Waals surface area contributed by atoms with Crippen molar-refractivity contribution in [2.75, 3.05) is 9.80 Å². The monoisotopic (exact) mass is 654 g/mol. The Hall–Kier alpha value is -3.49. The Morgan fingerprint density at radius 1 is 0.425 bits per heavy atom. The molecule has 0 saturated carbocycles. The van der Waals surface area contributed by atoms with Crippen molar-refractivity contribution in [3.05, 3.63) is 95.1 Å². The molecule has 0 aliphatic carbocycles. The van der Waals surface area contributed by atoms with Crippen LogP contribution >= 0.6 is 0 Å². The number of hydrogen-bond donors (Lipinski definition) is 0. The van der Waals surface area contributed by atoms with Gasteiger partial charge in [0.2, 0.25) is 0 Å². The molecular formula is C32H30Ge2N2O4. The van der Waals surface area contributed by atoms with Gasteiger partial charge in [-0.3, -0.25) is 0 Å². The van der Waals surface area contributed by atoms with E-state index in [0.717, 1.165) is 8.79 Å². The van der Waals surface area contributed by atoms with E-state index in [2.05, 4.69) is 34.5 Å². The number of rotatable bonds is 4. The Labute approximate surface area is 238 Å². The van der Waals surface area contributed by atoms with Gasteiger partial charge in [0.05, 0.1) is 0 Å². The fraction of sp³-hybridized carbons (Fsp3) is 0.188. The van der Waals surface area contributed by atoms with Gasteiger partial charge in [-0.2, -0.15) is 0 Å². The van der Waals surface area contributed by atoms with Gasteiger partial charge >= 0.3 is 240 Å². The first-order valence-corrected chi connectivity index (χ1v) is 28.1. The summed E-state index contributed by atoms with van der Waals surface area (Å²) in [7, 11) is 0. The van der Waals surface area contributed by atoms with Crippen LogP contribution in [0.15, 0.2) is 72.8 Å². The Morgan fingerprint density at radius 3 is 0.975 bits per heavy atom. The summed E-state index contributed by atoms with van der Waals surface area (Å²) >= 11 is -4.92. The molecule has 2 aliphatic heterocycles. The molecule has 2 aliphatic rings. The van der Waals surface area contributed by atoms with Crippen molar-refractivity contribution in [2.24, 2.45) is 0 Å². The molecule has 8 heteroatoms. The molecule has 0 unspecified atom stereocenters. The summed E-state index contributed by atoms with van der Waals surface area (Å²) in [6.45, 7) is 0. The molecule has 0 spiro atoms. The molecule has 6 rings (SSSR count). The Kier molecular flexibility index (Phi) is 6.02. The van der Waals surface area contributed by atoms with E-state index in [-0.39, 0.29) is 0 Å². The van der Waals surface area contributed by atoms with Gasteiger partial charge in [0, 0.05) is 0 Å². The molecule has 4 aromatic carbocycles. The normalized spacial score (nSPS) is 15.3. The summed E-state index contributed by atoms with van der Waals surface area (Å²) in [6.07, 6.45) is 0. The SMILES string of the molecule is [CH3][Ge]([CH3])([CH3])[c]1ccccc1N1C(=O)c2ccc3c4c(ccc(c24)C1=O)C(=O)N(c1cccc[c]1[Ge]([CH3])([CH3])[CH3])C3=O. The zero-order valence-corrected chi connectivity index (χ0v) is 27.7. The molecule has 0 radical (unpaired) electrons. The fourth-order valence-corrected chi connectivity index (χ4v) is 12.5. The van der Waals surface area contributed by atoms with E-state index in [0.29, 0.717) is 44.4 Å². The standard InChI is InChI=1S/C32H30Ge2N2O4/c1-33(2,3)23-11-7-9-13-25(23)35-29(37)19-15-17-21-28-22(18-16-20(27(19)28)30(35)38)32(40)36(31(21)39)26-14-10-8-12-24(26)34(4,5)6/h7-18H,1-6H3. The van der Waals surface area contributed by atoms with Gasteiger partial charge in [-0.05, 0) is 0 Å². The molecule has 2 heterocycles. The van der Waals surface area contributed by atoms with Crippen LogP contribution in [0.4, 0.5) is 11.4 Å². The van der Waals surface area contributed by atoms with Gasteiger partial charge in [0.1, 0.15) is 0 Å². The molecule has 4 aromatic rings. The number of imide groups is 2. The van der Waals surface area contributed by atoms with E-state index in [9.17, 15) is 19.2 Å². The first kappa shape index (κ1) is 26.7. The molecule has 200 valence electrons. The number of amides is 4. The second kappa shape index (κ2) is 9.01. The average molecular weight is 652 g/mol. The maximum absolute atomic E-state index is 14.0. The van der Waals surface area contributed by atoms with E-state index in [1.807, 2.05) is 48.5 Å². The third kappa shape index (κ3) is 3.83. The molecular weight excluding hydrogens is 622 g/mol. The quantitative estimate of drug-likeness (QED) is 0.215. The summed E-state index contributed by atoms with van der Waals surface area (Å²) in [5.41, 5.74) is 2.53. The van der Waals surface area contributed by atoms with Crippen molar-refractivity contribution < 1.29 is 19.2 Å². The third-order valence-corrected chi connectivity index (χ3v) is 16.4. The summed E-state index contributed by atoms with van der Waals surface area (Å²) in [6, 6.07) is 21.8. The van der Waals surface area contributed by atoms with Gasteiger partial charge in [-0.15, -0.1) is 0 Å². The van der Waals surface area contributed by atoms with Gasteiger partial charge in [-0.25, -0.2) is 0 Å². The topological polar surface area (TPSA) is 74.8 Å². The molecule has 0 aromatic heterocycles. The predicted octanol–water partition coefficient (Wildman–Crippen LogP) is 5.53. The van der Waals surface area contributed by atoms with Crippen molar-refractivity contribution in [3.8, 4) is 0 Å². The van der Waals surface area contributed by atoms with Gasteiger partial charge in [0.15, 0.2) is 0 Å². The maximum atomic E-state index is 14.0. The van der Waals surface area contributed by atoms with E-state index < -0.39 is 50.2 Å². The first-order chi connectivity index (χ1) is 18.8. The Balaban J connectivity index is 1.55. The van der Waals surface area contributed by atoms with Gasteiger partial charge in [-0.1, -0.05) is 0 Å². The average Bonchev–Trinajstić information content (AvgIpc) is 2.90. The van der Waals surface area contributed by atoms with E-state index in [4.69, 9.17) is 0 Å². The zero-order valence-electron chi connectivity index (χ0n) is 23.5. The van der Waals surface area contributed by atoms with Crippen molar-refractivity contribution in [1.29, 1.82) is 0 Å². The summed E-state index contributed by atoms with van der Waals surface area (Å²) in [4.78, 5) is 58.5. The van der Waals surface area contributed by atoms with Crippen molar-refractivity contribution in [2.45, 2.75) is 34.5 Å².